The molecule has 0 unspecified atom stereocenters. The summed E-state index contributed by atoms with van der Waals surface area (Å²) >= 11 is 6.85. The quantitative estimate of drug-likeness (QED) is 0.489. The van der Waals surface area contributed by atoms with Crippen molar-refractivity contribution in [3.8, 4) is 11.4 Å². The average Bonchev–Trinajstić information content (AvgIpc) is 3.33. The van der Waals surface area contributed by atoms with Crippen LogP contribution in [-0.4, -0.2) is 23.5 Å². The smallest absolute Gasteiger partial charge is 0.271 e. The molecule has 142 valence electrons. The molecule has 0 fully saturated rings. The standard InChI is InChI=1S/C18H13ClN4O3S2/c19-15-7-8-17(27-15)28(24,25)23-14-6-2-1-4-12(14)10-16-21-18(22-26-16)13-5-3-9-20-11-13/h1-9,11,23H,10H2. The number of aromatic nitrogens is 3. The van der Waals surface area contributed by atoms with E-state index in [0.29, 0.717) is 27.3 Å². The summed E-state index contributed by atoms with van der Waals surface area (Å²) in [5.41, 5.74) is 1.88. The van der Waals surface area contributed by atoms with Crippen LogP contribution in [0.2, 0.25) is 4.34 Å². The highest BCUT2D eigenvalue weighted by Crippen LogP contribution is 2.29. The summed E-state index contributed by atoms with van der Waals surface area (Å²) in [6.07, 6.45) is 3.58. The molecular weight excluding hydrogens is 420 g/mol. The molecule has 0 bridgehead atoms. The zero-order valence-electron chi connectivity index (χ0n) is 14.2. The maximum Gasteiger partial charge on any atom is 0.271 e. The fourth-order valence-corrected chi connectivity index (χ4v) is 5.10. The van der Waals surface area contributed by atoms with Crippen LogP contribution in [0.15, 0.2) is 69.7 Å². The van der Waals surface area contributed by atoms with Gasteiger partial charge in [-0.05, 0) is 35.9 Å². The number of nitrogens with one attached hydrogen (secondary N) is 1. The molecule has 0 atom stereocenters. The number of hydrogen-bond acceptors (Lipinski definition) is 7. The SMILES string of the molecule is O=S(=O)(Nc1ccccc1Cc1nc(-c2cccnc2)no1)c1ccc(Cl)s1. The number of para-hydroxylation sites is 1. The Hall–Kier alpha value is -2.75. The molecule has 0 spiro atoms. The second-order valence-electron chi connectivity index (χ2n) is 5.75. The Kier molecular flexibility index (Phi) is 5.12. The van der Waals surface area contributed by atoms with Gasteiger partial charge in [-0.2, -0.15) is 4.98 Å². The van der Waals surface area contributed by atoms with Crippen molar-refractivity contribution in [1.29, 1.82) is 0 Å². The second kappa shape index (κ2) is 7.70. The first-order chi connectivity index (χ1) is 13.5. The molecular formula is C18H13ClN4O3S2. The van der Waals surface area contributed by atoms with E-state index in [2.05, 4.69) is 19.8 Å². The lowest BCUT2D eigenvalue weighted by Gasteiger charge is -2.10. The van der Waals surface area contributed by atoms with Crippen LogP contribution in [0.4, 0.5) is 5.69 Å². The number of rotatable bonds is 6. The third-order valence-corrected chi connectivity index (χ3v) is 6.89. The van der Waals surface area contributed by atoms with E-state index in [0.717, 1.165) is 16.9 Å². The number of anilines is 1. The van der Waals surface area contributed by atoms with E-state index in [4.69, 9.17) is 16.1 Å². The molecule has 0 saturated carbocycles. The van der Waals surface area contributed by atoms with E-state index < -0.39 is 10.0 Å². The van der Waals surface area contributed by atoms with Gasteiger partial charge in [-0.1, -0.05) is 35.0 Å². The van der Waals surface area contributed by atoms with Crippen LogP contribution in [0.5, 0.6) is 0 Å². The summed E-state index contributed by atoms with van der Waals surface area (Å²) in [7, 11) is -3.74. The lowest BCUT2D eigenvalue weighted by molar-refractivity contribution is 0.386. The van der Waals surface area contributed by atoms with Crippen LogP contribution in [0.1, 0.15) is 11.5 Å². The van der Waals surface area contributed by atoms with Crippen molar-refractivity contribution < 1.29 is 12.9 Å². The van der Waals surface area contributed by atoms with Crippen LogP contribution in [0.3, 0.4) is 0 Å². The number of hydrogen-bond donors (Lipinski definition) is 1. The first-order valence-corrected chi connectivity index (χ1v) is 10.8. The van der Waals surface area contributed by atoms with Gasteiger partial charge in [0.1, 0.15) is 4.21 Å². The number of thiophene rings is 1. The van der Waals surface area contributed by atoms with Gasteiger partial charge in [0.05, 0.1) is 16.4 Å². The molecule has 0 amide bonds. The van der Waals surface area contributed by atoms with E-state index in [-0.39, 0.29) is 10.6 Å². The fourth-order valence-electron chi connectivity index (χ4n) is 2.51. The lowest BCUT2D eigenvalue weighted by atomic mass is 10.1. The third-order valence-electron chi connectivity index (χ3n) is 3.80. The van der Waals surface area contributed by atoms with Crippen LogP contribution in [0, 0.1) is 0 Å². The highest BCUT2D eigenvalue weighted by molar-refractivity contribution is 7.94. The van der Waals surface area contributed by atoms with E-state index in [1.165, 1.54) is 6.07 Å². The van der Waals surface area contributed by atoms with Crippen molar-refractivity contribution in [2.24, 2.45) is 0 Å². The molecule has 3 aromatic heterocycles. The molecule has 4 rings (SSSR count). The van der Waals surface area contributed by atoms with Gasteiger partial charge in [0.2, 0.25) is 11.7 Å². The molecule has 1 aromatic carbocycles. The number of pyridine rings is 1. The monoisotopic (exact) mass is 432 g/mol. The summed E-state index contributed by atoms with van der Waals surface area (Å²) in [4.78, 5) is 8.40. The Balaban J connectivity index is 1.58. The van der Waals surface area contributed by atoms with Gasteiger partial charge in [0.15, 0.2) is 0 Å². The Labute approximate surface area is 170 Å². The molecule has 7 nitrogen and oxygen atoms in total. The number of halogens is 1. The molecule has 28 heavy (non-hydrogen) atoms. The summed E-state index contributed by atoms with van der Waals surface area (Å²) < 4.78 is 33.6. The highest BCUT2D eigenvalue weighted by Gasteiger charge is 2.19. The average molecular weight is 433 g/mol. The van der Waals surface area contributed by atoms with Crippen LogP contribution in [0.25, 0.3) is 11.4 Å². The predicted molar refractivity (Wildman–Crippen MR) is 107 cm³/mol. The third kappa shape index (κ3) is 4.06. The van der Waals surface area contributed by atoms with Gasteiger partial charge < -0.3 is 4.52 Å². The van der Waals surface area contributed by atoms with Crippen LogP contribution >= 0.6 is 22.9 Å². The first kappa shape index (κ1) is 18.6. The largest absolute Gasteiger partial charge is 0.339 e. The van der Waals surface area contributed by atoms with Crippen molar-refractivity contribution >= 4 is 38.6 Å². The molecule has 10 heteroatoms. The minimum atomic E-state index is -3.74. The Morgan fingerprint density at radius 2 is 1.96 bits per heavy atom. The number of nitrogens with zero attached hydrogens (tertiary/aromatic N) is 3. The maximum absolute atomic E-state index is 12.6. The molecule has 0 radical (unpaired) electrons. The molecule has 4 aromatic rings. The zero-order chi connectivity index (χ0) is 19.6. The van der Waals surface area contributed by atoms with Crippen molar-refractivity contribution in [2.75, 3.05) is 4.72 Å². The summed E-state index contributed by atoms with van der Waals surface area (Å²) in [5, 5.41) is 3.96. The summed E-state index contributed by atoms with van der Waals surface area (Å²) in [6.45, 7) is 0. The normalized spacial score (nSPS) is 11.5. The molecule has 0 aliphatic rings. The van der Waals surface area contributed by atoms with Gasteiger partial charge >= 0.3 is 0 Å². The zero-order valence-corrected chi connectivity index (χ0v) is 16.6. The predicted octanol–water partition coefficient (Wildman–Crippen LogP) is 4.24. The van der Waals surface area contributed by atoms with Gasteiger partial charge in [0, 0.05) is 18.0 Å². The van der Waals surface area contributed by atoms with Gasteiger partial charge in [0.25, 0.3) is 10.0 Å². The Morgan fingerprint density at radius 1 is 1.11 bits per heavy atom. The topological polar surface area (TPSA) is 98.0 Å². The van der Waals surface area contributed by atoms with Crippen molar-refractivity contribution in [1.82, 2.24) is 15.1 Å². The summed E-state index contributed by atoms with van der Waals surface area (Å²) in [6, 6.07) is 13.7. The molecule has 0 aliphatic heterocycles. The minimum Gasteiger partial charge on any atom is -0.339 e. The second-order valence-corrected chi connectivity index (χ2v) is 9.38. The molecule has 1 N–H and O–H groups in total. The van der Waals surface area contributed by atoms with Gasteiger partial charge in [-0.25, -0.2) is 8.42 Å². The van der Waals surface area contributed by atoms with Crippen LogP contribution in [-0.2, 0) is 16.4 Å². The van der Waals surface area contributed by atoms with E-state index >= 15 is 0 Å². The maximum atomic E-state index is 12.6. The van der Waals surface area contributed by atoms with Crippen molar-refractivity contribution in [3.05, 3.63) is 76.7 Å². The van der Waals surface area contributed by atoms with E-state index in [9.17, 15) is 8.42 Å². The summed E-state index contributed by atoms with van der Waals surface area (Å²) in [5.74, 6) is 0.791. The molecule has 0 saturated heterocycles. The molecule has 3 heterocycles. The van der Waals surface area contributed by atoms with Gasteiger partial charge in [-0.3, -0.25) is 9.71 Å². The Bertz CT molecular complexity index is 1210. The minimum absolute atomic E-state index is 0.143. The van der Waals surface area contributed by atoms with Crippen LogP contribution < -0.4 is 4.72 Å². The molecule has 0 aliphatic carbocycles. The Morgan fingerprint density at radius 3 is 2.71 bits per heavy atom. The van der Waals surface area contributed by atoms with Gasteiger partial charge in [-0.15, -0.1) is 11.3 Å². The van der Waals surface area contributed by atoms with Crippen molar-refractivity contribution in [2.45, 2.75) is 10.6 Å². The number of benzene rings is 1. The lowest BCUT2D eigenvalue weighted by Crippen LogP contribution is -2.13. The van der Waals surface area contributed by atoms with Crippen molar-refractivity contribution in [3.63, 3.8) is 0 Å². The van der Waals surface area contributed by atoms with E-state index in [1.807, 2.05) is 12.1 Å². The number of sulfonamides is 1. The first-order valence-electron chi connectivity index (χ1n) is 8.10. The highest BCUT2D eigenvalue weighted by atomic mass is 35.5. The fraction of sp³-hybridized carbons (Fsp3) is 0.0556. The van der Waals surface area contributed by atoms with E-state index in [1.54, 1.807) is 42.7 Å².